The highest BCUT2D eigenvalue weighted by atomic mass is 16.5. The van der Waals surface area contributed by atoms with Crippen molar-refractivity contribution in [1.29, 1.82) is 0 Å². The summed E-state index contributed by atoms with van der Waals surface area (Å²) in [7, 11) is 0. The number of alkyl carbamates (subject to hydrolysis) is 1. The molecule has 7 heteroatoms. The number of carbonyl (C=O) groups excluding carboxylic acids is 2. The molecule has 7 nitrogen and oxygen atoms in total. The normalized spacial score (nSPS) is 14.4. The van der Waals surface area contributed by atoms with Crippen LogP contribution in [0.4, 0.5) is 4.79 Å². The maximum atomic E-state index is 12.4. The van der Waals surface area contributed by atoms with Crippen molar-refractivity contribution in [3.05, 3.63) is 89.2 Å². The fourth-order valence-corrected chi connectivity index (χ4v) is 4.42. The summed E-state index contributed by atoms with van der Waals surface area (Å²) in [4.78, 5) is 24.6. The predicted octanol–water partition coefficient (Wildman–Crippen LogP) is 6.66. The number of hydrogen-bond donors (Lipinski definition) is 1. The Balaban J connectivity index is 1.42. The van der Waals surface area contributed by atoms with E-state index in [4.69, 9.17) is 14.0 Å². The maximum absolute atomic E-state index is 12.4. The number of nitrogens with zero attached hydrogens (tertiary/aromatic N) is 1. The van der Waals surface area contributed by atoms with Crippen molar-refractivity contribution >= 4 is 12.1 Å². The quantitative estimate of drug-likeness (QED) is 0.240. The molecule has 3 aromatic rings. The van der Waals surface area contributed by atoms with Gasteiger partial charge in [0.1, 0.15) is 6.61 Å². The molecule has 4 rings (SSSR count). The molecule has 0 spiro atoms. The number of benzene rings is 2. The first-order chi connectivity index (χ1) is 18.4. The minimum atomic E-state index is -0.505. The van der Waals surface area contributed by atoms with Crippen LogP contribution < -0.4 is 5.32 Å². The highest BCUT2D eigenvalue weighted by molar-refractivity contribution is 5.87. The molecule has 1 fully saturated rings. The second-order valence-corrected chi connectivity index (χ2v) is 9.33. The summed E-state index contributed by atoms with van der Waals surface area (Å²) < 4.78 is 16.3. The third-order valence-corrected chi connectivity index (χ3v) is 6.85. The monoisotopic (exact) mass is 514 g/mol. The molecule has 0 bridgehead atoms. The molecule has 1 aliphatic rings. The van der Waals surface area contributed by atoms with E-state index < -0.39 is 11.5 Å². The number of hydrogen-bond acceptors (Lipinski definition) is 6. The average Bonchev–Trinajstić information content (AvgIpc) is 3.67. The average molecular weight is 515 g/mol. The van der Waals surface area contributed by atoms with Crippen LogP contribution in [0.2, 0.25) is 0 Å². The van der Waals surface area contributed by atoms with Gasteiger partial charge in [-0.25, -0.2) is 4.79 Å². The smallest absolute Gasteiger partial charge is 0.407 e. The van der Waals surface area contributed by atoms with Crippen molar-refractivity contribution in [2.75, 3.05) is 13.2 Å². The zero-order valence-corrected chi connectivity index (χ0v) is 22.4. The van der Waals surface area contributed by atoms with Crippen LogP contribution in [0.1, 0.15) is 50.4 Å². The lowest BCUT2D eigenvalue weighted by Gasteiger charge is -2.14. The molecule has 0 atom stereocenters. The Bertz CT molecular complexity index is 1330. The minimum Gasteiger partial charge on any atom is -0.465 e. The van der Waals surface area contributed by atoms with Crippen LogP contribution >= 0.6 is 0 Å². The lowest BCUT2D eigenvalue weighted by molar-refractivity contribution is -0.146. The van der Waals surface area contributed by atoms with Gasteiger partial charge in [-0.15, -0.1) is 0 Å². The van der Waals surface area contributed by atoms with Crippen LogP contribution in [-0.4, -0.2) is 30.4 Å². The van der Waals surface area contributed by atoms with Gasteiger partial charge in [-0.05, 0) is 62.8 Å². The zero-order valence-electron chi connectivity index (χ0n) is 22.4. The van der Waals surface area contributed by atoms with E-state index in [2.05, 4.69) is 10.5 Å². The van der Waals surface area contributed by atoms with Crippen molar-refractivity contribution in [2.24, 2.45) is 0 Å². The van der Waals surface area contributed by atoms with E-state index in [1.54, 1.807) is 0 Å². The van der Waals surface area contributed by atoms with Gasteiger partial charge in [0.25, 0.3) is 0 Å². The lowest BCUT2D eigenvalue weighted by Crippen LogP contribution is -2.26. The predicted molar refractivity (Wildman–Crippen MR) is 146 cm³/mol. The standard InChI is InChI=1S/C31H34N2O5/c1-5-8-22(6-2)19-32-30(35)37-20-27-21(4)33-38-28(27)25-11-9-23(10-12-25)24-13-15-26(16-14-24)31(17-18-31)29(34)36-7-3/h5-6,8-16H,7,17-20H2,1-4H3,(H,32,35)/b8-5-,22-6+. The van der Waals surface area contributed by atoms with E-state index in [0.717, 1.165) is 46.2 Å². The number of aromatic nitrogens is 1. The first kappa shape index (κ1) is 26.9. The number of carbonyl (C=O) groups is 2. The Morgan fingerprint density at radius 3 is 2.21 bits per heavy atom. The van der Waals surface area contributed by atoms with Crippen LogP contribution in [-0.2, 0) is 26.3 Å². The van der Waals surface area contributed by atoms with Gasteiger partial charge in [0.05, 0.1) is 23.3 Å². The van der Waals surface area contributed by atoms with Crippen molar-refractivity contribution in [1.82, 2.24) is 10.5 Å². The molecule has 0 aliphatic heterocycles. The summed E-state index contributed by atoms with van der Waals surface area (Å²) in [6.45, 7) is 8.35. The Labute approximate surface area is 223 Å². The highest BCUT2D eigenvalue weighted by Crippen LogP contribution is 2.49. The number of allylic oxidation sites excluding steroid dienone is 2. The molecule has 1 amide bonds. The molecule has 0 radical (unpaired) electrons. The SMILES string of the molecule is C/C=C\C(=C/C)CNC(=O)OCc1c(C)noc1-c1ccc(-c2ccc(C3(C(=O)OCC)CC3)cc2)cc1. The molecular weight excluding hydrogens is 480 g/mol. The van der Waals surface area contributed by atoms with Gasteiger partial charge in [-0.2, -0.15) is 0 Å². The second-order valence-electron chi connectivity index (χ2n) is 9.33. The van der Waals surface area contributed by atoms with Gasteiger partial charge in [0.2, 0.25) is 0 Å². The minimum absolute atomic E-state index is 0.0523. The fraction of sp³-hybridized carbons (Fsp3) is 0.323. The Hall–Kier alpha value is -4.13. The summed E-state index contributed by atoms with van der Waals surface area (Å²) in [6.07, 6.45) is 6.95. The number of nitrogens with one attached hydrogen (secondary N) is 1. The van der Waals surface area contributed by atoms with Gasteiger partial charge in [-0.3, -0.25) is 4.79 Å². The maximum Gasteiger partial charge on any atom is 0.407 e. The van der Waals surface area contributed by atoms with E-state index >= 15 is 0 Å². The van der Waals surface area contributed by atoms with Gasteiger partial charge in [0.15, 0.2) is 5.76 Å². The summed E-state index contributed by atoms with van der Waals surface area (Å²) in [5, 5.41) is 6.84. The summed E-state index contributed by atoms with van der Waals surface area (Å²) >= 11 is 0. The zero-order chi connectivity index (χ0) is 27.1. The molecule has 1 saturated carbocycles. The van der Waals surface area contributed by atoms with Crippen LogP contribution in [0, 0.1) is 6.92 Å². The van der Waals surface area contributed by atoms with Gasteiger partial charge < -0.3 is 19.3 Å². The Morgan fingerprint density at radius 2 is 1.63 bits per heavy atom. The third-order valence-electron chi connectivity index (χ3n) is 6.85. The Kier molecular flexibility index (Phi) is 8.46. The first-order valence-electron chi connectivity index (χ1n) is 12.9. The van der Waals surface area contributed by atoms with E-state index in [0.29, 0.717) is 24.6 Å². The molecule has 38 heavy (non-hydrogen) atoms. The van der Waals surface area contributed by atoms with E-state index in [-0.39, 0.29) is 12.6 Å². The summed E-state index contributed by atoms with van der Waals surface area (Å²) in [5.74, 6) is 0.443. The molecule has 0 saturated heterocycles. The van der Waals surface area contributed by atoms with E-state index in [1.165, 1.54) is 0 Å². The second kappa shape index (κ2) is 11.9. The highest BCUT2D eigenvalue weighted by Gasteiger charge is 2.52. The van der Waals surface area contributed by atoms with Gasteiger partial charge in [0, 0.05) is 12.1 Å². The third kappa shape index (κ3) is 5.88. The molecule has 2 aromatic carbocycles. The number of esters is 1. The van der Waals surface area contributed by atoms with E-state index in [1.807, 2.05) is 94.5 Å². The number of ether oxygens (including phenoxy) is 2. The van der Waals surface area contributed by atoms with Crippen LogP contribution in [0.3, 0.4) is 0 Å². The van der Waals surface area contributed by atoms with Gasteiger partial charge in [-0.1, -0.05) is 71.9 Å². The van der Waals surface area contributed by atoms with Crippen LogP contribution in [0.25, 0.3) is 22.5 Å². The van der Waals surface area contributed by atoms with Crippen molar-refractivity contribution in [3.8, 4) is 22.5 Å². The number of aryl methyl sites for hydroxylation is 1. The molecule has 1 aromatic heterocycles. The molecule has 198 valence electrons. The number of rotatable bonds is 10. The summed E-state index contributed by atoms with van der Waals surface area (Å²) in [6, 6.07) is 16.1. The summed E-state index contributed by atoms with van der Waals surface area (Å²) in [5.41, 5.74) is 5.85. The van der Waals surface area contributed by atoms with Crippen LogP contribution in [0.15, 0.2) is 76.9 Å². The van der Waals surface area contributed by atoms with Gasteiger partial charge >= 0.3 is 12.1 Å². The lowest BCUT2D eigenvalue weighted by atomic mass is 9.93. The first-order valence-corrected chi connectivity index (χ1v) is 12.9. The molecule has 1 N–H and O–H groups in total. The van der Waals surface area contributed by atoms with Crippen molar-refractivity contribution in [2.45, 2.75) is 52.6 Å². The fourth-order valence-electron chi connectivity index (χ4n) is 4.42. The van der Waals surface area contributed by atoms with Crippen molar-refractivity contribution in [3.63, 3.8) is 0 Å². The molecule has 0 unspecified atom stereocenters. The largest absolute Gasteiger partial charge is 0.465 e. The van der Waals surface area contributed by atoms with Crippen molar-refractivity contribution < 1.29 is 23.6 Å². The Morgan fingerprint density at radius 1 is 1.00 bits per heavy atom. The number of amides is 1. The van der Waals surface area contributed by atoms with Crippen LogP contribution in [0.5, 0.6) is 0 Å². The van der Waals surface area contributed by atoms with E-state index in [9.17, 15) is 9.59 Å². The topological polar surface area (TPSA) is 90.7 Å². The molecular formula is C31H34N2O5. The molecule has 1 heterocycles. The molecule has 1 aliphatic carbocycles.